The third kappa shape index (κ3) is 6.24. The maximum atomic E-state index is 12.7. The van der Waals surface area contributed by atoms with E-state index in [4.69, 9.17) is 28.2 Å². The molecule has 3 aromatic rings. The normalized spacial score (nSPS) is 13.7. The van der Waals surface area contributed by atoms with Gasteiger partial charge in [-0.25, -0.2) is 0 Å². The number of nitrogens with one attached hydrogen (secondary N) is 2. The van der Waals surface area contributed by atoms with Gasteiger partial charge >= 0.3 is 0 Å². The van der Waals surface area contributed by atoms with Gasteiger partial charge < -0.3 is 19.5 Å². The van der Waals surface area contributed by atoms with E-state index >= 15 is 0 Å². The number of halogens is 1. The predicted octanol–water partition coefficient (Wildman–Crippen LogP) is 4.42. The molecule has 4 rings (SSSR count). The summed E-state index contributed by atoms with van der Waals surface area (Å²) in [7, 11) is 0. The molecular formula is C25H23ClN4O3S. The Morgan fingerprint density at radius 2 is 1.68 bits per heavy atom. The molecule has 1 aliphatic heterocycles. The van der Waals surface area contributed by atoms with Gasteiger partial charge in [0.1, 0.15) is 5.76 Å². The number of thiocarbonyl (C=S) groups is 1. The van der Waals surface area contributed by atoms with Crippen LogP contribution >= 0.6 is 23.8 Å². The predicted molar refractivity (Wildman–Crippen MR) is 138 cm³/mol. The van der Waals surface area contributed by atoms with Gasteiger partial charge in [-0.2, -0.15) is 0 Å². The second kappa shape index (κ2) is 11.0. The molecule has 0 atom stereocenters. The Balaban J connectivity index is 1.25. The zero-order chi connectivity index (χ0) is 23.9. The summed E-state index contributed by atoms with van der Waals surface area (Å²) in [5.74, 6) is 0.252. The molecule has 0 unspecified atom stereocenters. The van der Waals surface area contributed by atoms with E-state index in [-0.39, 0.29) is 16.9 Å². The van der Waals surface area contributed by atoms with Crippen molar-refractivity contribution in [2.75, 3.05) is 36.4 Å². The Hall–Kier alpha value is -3.62. The van der Waals surface area contributed by atoms with E-state index in [1.54, 1.807) is 42.5 Å². The molecule has 1 aliphatic rings. The fraction of sp³-hybridized carbons (Fsp3) is 0.160. The van der Waals surface area contributed by atoms with Gasteiger partial charge in [-0.3, -0.25) is 14.9 Å². The Bertz CT molecular complexity index is 1170. The first-order valence-electron chi connectivity index (χ1n) is 10.7. The van der Waals surface area contributed by atoms with Gasteiger partial charge in [0.25, 0.3) is 5.91 Å². The second-order valence-electron chi connectivity index (χ2n) is 7.63. The average molecular weight is 495 g/mol. The van der Waals surface area contributed by atoms with Crippen molar-refractivity contribution in [2.45, 2.75) is 0 Å². The minimum Gasteiger partial charge on any atom is -0.465 e. The van der Waals surface area contributed by atoms with E-state index < -0.39 is 0 Å². The van der Waals surface area contributed by atoms with Crippen molar-refractivity contribution in [2.24, 2.45) is 0 Å². The van der Waals surface area contributed by atoms with Crippen LogP contribution in [0.5, 0.6) is 0 Å². The number of carbonyl (C=O) groups is 2. The van der Waals surface area contributed by atoms with E-state index in [0.717, 1.165) is 24.5 Å². The lowest BCUT2D eigenvalue weighted by molar-refractivity contribution is -0.115. The van der Waals surface area contributed by atoms with Gasteiger partial charge in [-0.1, -0.05) is 11.6 Å². The number of furan rings is 1. The summed E-state index contributed by atoms with van der Waals surface area (Å²) in [5, 5.41) is 6.42. The van der Waals surface area contributed by atoms with Crippen molar-refractivity contribution in [3.8, 4) is 0 Å². The summed E-state index contributed by atoms with van der Waals surface area (Å²) < 4.78 is 5.14. The largest absolute Gasteiger partial charge is 0.465 e. The summed E-state index contributed by atoms with van der Waals surface area (Å²) in [6.45, 7) is 2.76. The first kappa shape index (κ1) is 23.5. The highest BCUT2D eigenvalue weighted by Crippen LogP contribution is 2.20. The van der Waals surface area contributed by atoms with Gasteiger partial charge in [0, 0.05) is 54.2 Å². The van der Waals surface area contributed by atoms with Crippen LogP contribution in [0.2, 0.25) is 5.02 Å². The summed E-state index contributed by atoms with van der Waals surface area (Å²) in [6.07, 6.45) is 4.46. The highest BCUT2D eigenvalue weighted by atomic mass is 35.5. The molecule has 2 N–H and O–H groups in total. The molecule has 0 radical (unpaired) electrons. The van der Waals surface area contributed by atoms with Crippen molar-refractivity contribution in [1.82, 2.24) is 10.2 Å². The van der Waals surface area contributed by atoms with Crippen LogP contribution in [-0.4, -0.2) is 48.0 Å². The van der Waals surface area contributed by atoms with Crippen LogP contribution in [0, 0.1) is 0 Å². The summed E-state index contributed by atoms with van der Waals surface area (Å²) in [6, 6.07) is 18.2. The molecule has 7 nitrogen and oxygen atoms in total. The van der Waals surface area contributed by atoms with Crippen molar-refractivity contribution < 1.29 is 14.0 Å². The minimum atomic E-state index is -0.350. The molecule has 34 heavy (non-hydrogen) atoms. The SMILES string of the molecule is O=C(C=Cc1ccco1)NC(=S)Nc1ccc(N2CCN(C(=O)c3ccc(Cl)cc3)CC2)cc1. The van der Waals surface area contributed by atoms with E-state index in [9.17, 15) is 9.59 Å². The maximum absolute atomic E-state index is 12.7. The molecular weight excluding hydrogens is 472 g/mol. The molecule has 1 saturated heterocycles. The Kier molecular flexibility index (Phi) is 7.61. The minimum absolute atomic E-state index is 0.0189. The molecule has 9 heteroatoms. The standard InChI is InChI=1S/C25H23ClN4O3S/c26-19-5-3-18(4-6-19)24(32)30-15-13-29(14-16-30)21-9-7-20(8-10-21)27-25(34)28-23(31)12-11-22-2-1-17-33-22/h1-12,17H,13-16H2,(H2,27,28,31,34). The third-order valence-corrected chi connectivity index (χ3v) is 5.78. The number of anilines is 2. The fourth-order valence-corrected chi connectivity index (χ4v) is 3.90. The fourth-order valence-electron chi connectivity index (χ4n) is 3.56. The molecule has 0 aliphatic carbocycles. The van der Waals surface area contributed by atoms with E-state index in [1.807, 2.05) is 29.2 Å². The molecule has 0 saturated carbocycles. The first-order chi connectivity index (χ1) is 16.5. The first-order valence-corrected chi connectivity index (χ1v) is 11.5. The molecule has 0 spiro atoms. The molecule has 0 bridgehead atoms. The molecule has 1 fully saturated rings. The summed E-state index contributed by atoms with van der Waals surface area (Å²) in [5.41, 5.74) is 2.47. The number of piperazine rings is 1. The Morgan fingerprint density at radius 1 is 0.971 bits per heavy atom. The van der Waals surface area contributed by atoms with Crippen molar-refractivity contribution in [3.63, 3.8) is 0 Å². The molecule has 2 heterocycles. The Labute approximate surface area is 208 Å². The van der Waals surface area contributed by atoms with Crippen LogP contribution in [0.3, 0.4) is 0 Å². The van der Waals surface area contributed by atoms with Gasteiger partial charge in [0.05, 0.1) is 6.26 Å². The molecule has 1 aromatic heterocycles. The lowest BCUT2D eigenvalue weighted by atomic mass is 10.1. The van der Waals surface area contributed by atoms with Crippen LogP contribution in [0.1, 0.15) is 16.1 Å². The van der Waals surface area contributed by atoms with Crippen LogP contribution in [0.25, 0.3) is 6.08 Å². The van der Waals surface area contributed by atoms with E-state index in [2.05, 4.69) is 15.5 Å². The third-order valence-electron chi connectivity index (χ3n) is 5.33. The van der Waals surface area contributed by atoms with Gasteiger partial charge in [-0.05, 0) is 79.0 Å². The van der Waals surface area contributed by atoms with Crippen molar-refractivity contribution >= 4 is 58.2 Å². The maximum Gasteiger partial charge on any atom is 0.253 e. The number of amides is 2. The number of carbonyl (C=O) groups excluding carboxylic acids is 2. The van der Waals surface area contributed by atoms with Crippen LogP contribution < -0.4 is 15.5 Å². The molecule has 2 aromatic carbocycles. The number of nitrogens with zero attached hydrogens (tertiary/aromatic N) is 2. The number of rotatable bonds is 5. The monoisotopic (exact) mass is 494 g/mol. The number of hydrogen-bond acceptors (Lipinski definition) is 5. The highest BCUT2D eigenvalue weighted by Gasteiger charge is 2.22. The smallest absolute Gasteiger partial charge is 0.253 e. The van der Waals surface area contributed by atoms with Gasteiger partial charge in [-0.15, -0.1) is 0 Å². The van der Waals surface area contributed by atoms with Crippen LogP contribution in [0.15, 0.2) is 77.4 Å². The zero-order valence-electron chi connectivity index (χ0n) is 18.2. The Morgan fingerprint density at radius 3 is 2.32 bits per heavy atom. The van der Waals surface area contributed by atoms with Crippen LogP contribution in [0.4, 0.5) is 11.4 Å². The summed E-state index contributed by atoms with van der Waals surface area (Å²) in [4.78, 5) is 28.7. The van der Waals surface area contributed by atoms with Gasteiger partial charge in [0.2, 0.25) is 5.91 Å². The number of benzene rings is 2. The van der Waals surface area contributed by atoms with Gasteiger partial charge in [0.15, 0.2) is 5.11 Å². The average Bonchev–Trinajstić information content (AvgIpc) is 3.37. The number of hydrogen-bond donors (Lipinski definition) is 2. The van der Waals surface area contributed by atoms with Crippen molar-refractivity contribution in [3.05, 3.63) is 89.3 Å². The van der Waals surface area contributed by atoms with Crippen LogP contribution in [-0.2, 0) is 4.79 Å². The zero-order valence-corrected chi connectivity index (χ0v) is 19.8. The quantitative estimate of drug-likeness (QED) is 0.404. The lowest BCUT2D eigenvalue weighted by Gasteiger charge is -2.36. The highest BCUT2D eigenvalue weighted by molar-refractivity contribution is 7.80. The molecule has 2 amide bonds. The van der Waals surface area contributed by atoms with E-state index in [1.165, 1.54) is 12.3 Å². The lowest BCUT2D eigenvalue weighted by Crippen LogP contribution is -2.48. The van der Waals surface area contributed by atoms with E-state index in [0.29, 0.717) is 29.4 Å². The molecule has 174 valence electrons. The van der Waals surface area contributed by atoms with Crippen molar-refractivity contribution in [1.29, 1.82) is 0 Å². The topological polar surface area (TPSA) is 77.8 Å². The summed E-state index contributed by atoms with van der Waals surface area (Å²) >= 11 is 11.1. The second-order valence-corrected chi connectivity index (χ2v) is 8.47.